The van der Waals surface area contributed by atoms with Crippen molar-refractivity contribution >= 4 is 46.2 Å². The summed E-state index contributed by atoms with van der Waals surface area (Å²) in [6, 6.07) is 37.0. The fourth-order valence-corrected chi connectivity index (χ4v) is 7.76. The molecule has 230 valence electrons. The Hall–Kier alpha value is -5.46. The van der Waals surface area contributed by atoms with Gasteiger partial charge in [-0.05, 0) is 72.6 Å². The minimum atomic E-state index is -1.50. The van der Waals surface area contributed by atoms with E-state index in [-0.39, 0.29) is 5.75 Å². The van der Waals surface area contributed by atoms with Crippen LogP contribution in [-0.4, -0.2) is 27.7 Å². The lowest BCUT2D eigenvalue weighted by Crippen LogP contribution is -2.37. The summed E-state index contributed by atoms with van der Waals surface area (Å²) in [5.74, 6) is 0.870. The van der Waals surface area contributed by atoms with Crippen LogP contribution < -0.4 is 5.19 Å². The molecule has 0 saturated heterocycles. The lowest BCUT2D eigenvalue weighted by Gasteiger charge is -2.16. The SMILES string of the molecule is Cc1cccc(C)c1-n1c(-c2ccccc2O)nc2c(-c3cc(-c4ccc([Si](C)(C)C)cn4)cc4c3oc3ccccc34)cccc21. The first-order valence-corrected chi connectivity index (χ1v) is 19.5. The van der Waals surface area contributed by atoms with E-state index < -0.39 is 8.07 Å². The summed E-state index contributed by atoms with van der Waals surface area (Å²) in [5.41, 5.74) is 11.3. The van der Waals surface area contributed by atoms with E-state index in [0.29, 0.717) is 11.4 Å². The molecule has 3 heterocycles. The summed E-state index contributed by atoms with van der Waals surface area (Å²) < 4.78 is 8.81. The van der Waals surface area contributed by atoms with Gasteiger partial charge in [-0.15, -0.1) is 0 Å². The molecule has 0 fully saturated rings. The van der Waals surface area contributed by atoms with Crippen LogP contribution in [0.2, 0.25) is 19.6 Å². The van der Waals surface area contributed by atoms with Gasteiger partial charge in [0.1, 0.15) is 22.7 Å². The molecule has 0 aliphatic heterocycles. The Morgan fingerprint density at radius 2 is 1.43 bits per heavy atom. The van der Waals surface area contributed by atoms with E-state index >= 15 is 0 Å². The molecule has 0 unspecified atom stereocenters. The van der Waals surface area contributed by atoms with Crippen molar-refractivity contribution in [3.63, 3.8) is 0 Å². The molecular formula is C41H35N3O2Si. The summed E-state index contributed by atoms with van der Waals surface area (Å²) >= 11 is 0. The summed E-state index contributed by atoms with van der Waals surface area (Å²) in [6.07, 6.45) is 2.05. The molecule has 5 nitrogen and oxygen atoms in total. The molecule has 0 radical (unpaired) electrons. The molecule has 47 heavy (non-hydrogen) atoms. The Labute approximate surface area is 274 Å². The van der Waals surface area contributed by atoms with Crippen LogP contribution in [0, 0.1) is 13.8 Å². The number of pyridine rings is 1. The zero-order valence-electron chi connectivity index (χ0n) is 27.2. The topological polar surface area (TPSA) is 64.1 Å². The molecular weight excluding hydrogens is 595 g/mol. The molecule has 0 amide bonds. The van der Waals surface area contributed by atoms with Gasteiger partial charge in [-0.25, -0.2) is 4.98 Å². The maximum Gasteiger partial charge on any atom is 0.149 e. The van der Waals surface area contributed by atoms with Crippen LogP contribution in [0.25, 0.3) is 72.4 Å². The fourth-order valence-electron chi connectivity index (χ4n) is 6.73. The first-order valence-electron chi connectivity index (χ1n) is 16.0. The maximum absolute atomic E-state index is 11.1. The number of phenols is 1. The van der Waals surface area contributed by atoms with Crippen molar-refractivity contribution in [1.29, 1.82) is 0 Å². The Balaban J connectivity index is 1.46. The number of aromatic hydroxyl groups is 1. The summed E-state index contributed by atoms with van der Waals surface area (Å²) in [7, 11) is -1.50. The van der Waals surface area contributed by atoms with Crippen molar-refractivity contribution in [2.24, 2.45) is 0 Å². The number of benzene rings is 5. The monoisotopic (exact) mass is 629 g/mol. The highest BCUT2D eigenvalue weighted by molar-refractivity contribution is 6.88. The Morgan fingerprint density at radius 1 is 0.702 bits per heavy atom. The average molecular weight is 630 g/mol. The lowest BCUT2D eigenvalue weighted by atomic mass is 9.96. The molecule has 3 aromatic heterocycles. The second-order valence-electron chi connectivity index (χ2n) is 13.4. The third-order valence-corrected chi connectivity index (χ3v) is 11.2. The van der Waals surface area contributed by atoms with Gasteiger partial charge in [0.2, 0.25) is 0 Å². The molecule has 8 rings (SSSR count). The van der Waals surface area contributed by atoms with Crippen molar-refractivity contribution in [2.75, 3.05) is 0 Å². The van der Waals surface area contributed by atoms with E-state index in [1.807, 2.05) is 36.5 Å². The van der Waals surface area contributed by atoms with Gasteiger partial charge in [0.15, 0.2) is 0 Å². The van der Waals surface area contributed by atoms with E-state index in [0.717, 1.165) is 72.2 Å². The number of phenolic OH excluding ortho intramolecular Hbond substituents is 1. The van der Waals surface area contributed by atoms with E-state index in [4.69, 9.17) is 14.4 Å². The van der Waals surface area contributed by atoms with Gasteiger partial charge >= 0.3 is 0 Å². The molecule has 0 atom stereocenters. The Bertz CT molecular complexity index is 2460. The maximum atomic E-state index is 11.1. The highest BCUT2D eigenvalue weighted by Crippen LogP contribution is 2.43. The van der Waals surface area contributed by atoms with Crippen molar-refractivity contribution in [1.82, 2.24) is 14.5 Å². The molecule has 0 bridgehead atoms. The molecule has 0 aliphatic rings. The van der Waals surface area contributed by atoms with Crippen LogP contribution in [0.1, 0.15) is 11.1 Å². The van der Waals surface area contributed by atoms with Crippen molar-refractivity contribution < 1.29 is 9.52 Å². The van der Waals surface area contributed by atoms with Gasteiger partial charge in [-0.1, -0.05) is 86.4 Å². The third kappa shape index (κ3) is 4.75. The van der Waals surface area contributed by atoms with Gasteiger partial charge in [0.05, 0.1) is 36.1 Å². The number of para-hydroxylation sites is 4. The second kappa shape index (κ2) is 10.8. The summed E-state index contributed by atoms with van der Waals surface area (Å²) in [6.45, 7) is 11.3. The lowest BCUT2D eigenvalue weighted by molar-refractivity contribution is 0.477. The number of aromatic nitrogens is 3. The number of furan rings is 1. The minimum Gasteiger partial charge on any atom is -0.507 e. The number of hydrogen-bond donors (Lipinski definition) is 1. The van der Waals surface area contributed by atoms with Gasteiger partial charge in [0, 0.05) is 33.7 Å². The Morgan fingerprint density at radius 3 is 2.17 bits per heavy atom. The molecule has 0 aliphatic carbocycles. The van der Waals surface area contributed by atoms with Crippen molar-refractivity contribution in [3.05, 3.63) is 127 Å². The summed E-state index contributed by atoms with van der Waals surface area (Å²) in [5, 5.41) is 14.5. The number of fused-ring (bicyclic) bond motifs is 4. The highest BCUT2D eigenvalue weighted by Gasteiger charge is 2.24. The highest BCUT2D eigenvalue weighted by atomic mass is 28.3. The Kier molecular flexibility index (Phi) is 6.67. The van der Waals surface area contributed by atoms with Crippen LogP contribution in [0.4, 0.5) is 0 Å². The smallest absolute Gasteiger partial charge is 0.149 e. The molecule has 1 N–H and O–H groups in total. The molecule has 8 aromatic rings. The summed E-state index contributed by atoms with van der Waals surface area (Å²) in [4.78, 5) is 10.3. The predicted molar refractivity (Wildman–Crippen MR) is 197 cm³/mol. The number of aryl methyl sites for hydroxylation is 2. The molecule has 0 spiro atoms. The van der Waals surface area contributed by atoms with Crippen molar-refractivity contribution in [2.45, 2.75) is 33.5 Å². The zero-order chi connectivity index (χ0) is 32.4. The quantitative estimate of drug-likeness (QED) is 0.192. The standard InChI is InChI=1S/C41H35N3O2Si/c1-25-12-10-13-26(2)39(25)44-35-17-11-16-30(38(35)43-41(44)31-15-6-8-18-36(31)45)33-23-27(34-21-20-28(24-42-34)47(3,4)5)22-32-29-14-7-9-19-37(29)46-40(32)33/h6-24,45H,1-5H3. The van der Waals surface area contributed by atoms with Gasteiger partial charge in [-0.3, -0.25) is 9.55 Å². The van der Waals surface area contributed by atoms with E-state index in [1.165, 1.54) is 5.19 Å². The normalized spacial score (nSPS) is 12.0. The van der Waals surface area contributed by atoms with Crippen LogP contribution in [0.5, 0.6) is 5.75 Å². The first kappa shape index (κ1) is 29.0. The predicted octanol–water partition coefficient (Wildman–Crippen LogP) is 10.2. The fraction of sp³-hybridized carbons (Fsp3) is 0.122. The van der Waals surface area contributed by atoms with E-state index in [2.05, 4.69) is 111 Å². The molecule has 6 heteroatoms. The number of rotatable bonds is 5. The van der Waals surface area contributed by atoms with Crippen LogP contribution in [0.15, 0.2) is 120 Å². The number of imidazole rings is 1. The molecule has 0 saturated carbocycles. The van der Waals surface area contributed by atoms with E-state index in [9.17, 15) is 5.11 Å². The van der Waals surface area contributed by atoms with E-state index in [1.54, 1.807) is 6.07 Å². The van der Waals surface area contributed by atoms with Gasteiger partial charge in [0.25, 0.3) is 0 Å². The van der Waals surface area contributed by atoms with Crippen LogP contribution >= 0.6 is 0 Å². The van der Waals surface area contributed by atoms with Gasteiger partial charge in [-0.2, -0.15) is 0 Å². The number of nitrogens with zero attached hydrogens (tertiary/aromatic N) is 3. The van der Waals surface area contributed by atoms with Crippen LogP contribution in [0.3, 0.4) is 0 Å². The zero-order valence-corrected chi connectivity index (χ0v) is 28.2. The average Bonchev–Trinajstić information content (AvgIpc) is 3.63. The largest absolute Gasteiger partial charge is 0.507 e. The van der Waals surface area contributed by atoms with Crippen LogP contribution in [-0.2, 0) is 0 Å². The minimum absolute atomic E-state index is 0.186. The first-order chi connectivity index (χ1) is 22.7. The van der Waals surface area contributed by atoms with Crippen molar-refractivity contribution in [3.8, 4) is 45.2 Å². The third-order valence-electron chi connectivity index (χ3n) is 9.19. The molecule has 5 aromatic carbocycles. The second-order valence-corrected chi connectivity index (χ2v) is 18.5. The number of hydrogen-bond acceptors (Lipinski definition) is 4. The van der Waals surface area contributed by atoms with Gasteiger partial charge < -0.3 is 9.52 Å².